The van der Waals surface area contributed by atoms with Crippen molar-refractivity contribution in [3.05, 3.63) is 11.9 Å². The average Bonchev–Trinajstić information content (AvgIpc) is 2.68. The Morgan fingerprint density at radius 2 is 2.11 bits per heavy atom. The Hall–Kier alpha value is -1.43. The summed E-state index contributed by atoms with van der Waals surface area (Å²) in [4.78, 5) is 12.9. The van der Waals surface area contributed by atoms with Crippen LogP contribution in [0.3, 0.4) is 0 Å². The van der Waals surface area contributed by atoms with E-state index in [1.165, 1.54) is 0 Å². The number of carbonyl (C=O) groups excluding carboxylic acids is 1. The summed E-state index contributed by atoms with van der Waals surface area (Å²) in [5, 5.41) is 7.15. The van der Waals surface area contributed by atoms with Gasteiger partial charge in [-0.05, 0) is 19.8 Å². The maximum atomic E-state index is 12.6. The molecule has 0 spiro atoms. The first kappa shape index (κ1) is 14.0. The third kappa shape index (κ3) is 2.63. The summed E-state index contributed by atoms with van der Waals surface area (Å²) in [6, 6.07) is 0. The molecular formula is C13H20N4OS. The lowest BCUT2D eigenvalue weighted by Crippen LogP contribution is -2.47. The number of thiocarbonyl (C=S) groups is 1. The molecule has 1 aromatic rings. The first-order valence-corrected chi connectivity index (χ1v) is 6.98. The molecule has 0 atom stereocenters. The summed E-state index contributed by atoms with van der Waals surface area (Å²) < 4.78 is 1.68. The van der Waals surface area contributed by atoms with E-state index in [1.54, 1.807) is 10.9 Å². The first-order valence-electron chi connectivity index (χ1n) is 6.57. The zero-order valence-corrected chi connectivity index (χ0v) is 12.2. The van der Waals surface area contributed by atoms with Crippen LogP contribution >= 0.6 is 12.2 Å². The molecule has 104 valence electrons. The van der Waals surface area contributed by atoms with Crippen LogP contribution in [-0.4, -0.2) is 20.7 Å². The average molecular weight is 280 g/mol. The number of hydrogen-bond acceptors (Lipinski definition) is 3. The second-order valence-corrected chi connectivity index (χ2v) is 5.70. The van der Waals surface area contributed by atoms with E-state index in [1.807, 2.05) is 14.0 Å². The number of nitrogens with zero attached hydrogens (tertiary/aromatic N) is 2. The Bertz CT molecular complexity index is 503. The molecule has 0 aromatic carbocycles. The van der Waals surface area contributed by atoms with Gasteiger partial charge in [-0.1, -0.05) is 31.5 Å². The lowest BCUT2D eigenvalue weighted by atomic mass is 9.73. The number of rotatable bonds is 3. The molecule has 19 heavy (non-hydrogen) atoms. The monoisotopic (exact) mass is 280 g/mol. The lowest BCUT2D eigenvalue weighted by molar-refractivity contribution is -0.123. The molecule has 2 rings (SSSR count). The van der Waals surface area contributed by atoms with Crippen LogP contribution in [0.25, 0.3) is 0 Å². The Morgan fingerprint density at radius 3 is 2.58 bits per heavy atom. The Balaban J connectivity index is 2.21. The van der Waals surface area contributed by atoms with Gasteiger partial charge < -0.3 is 11.1 Å². The van der Waals surface area contributed by atoms with Gasteiger partial charge in [0.1, 0.15) is 0 Å². The van der Waals surface area contributed by atoms with Gasteiger partial charge in [0.05, 0.1) is 21.8 Å². The smallest absolute Gasteiger partial charge is 0.237 e. The van der Waals surface area contributed by atoms with E-state index >= 15 is 0 Å². The van der Waals surface area contributed by atoms with Crippen molar-refractivity contribution in [1.29, 1.82) is 0 Å². The molecule has 1 amide bonds. The fourth-order valence-corrected chi connectivity index (χ4v) is 3.00. The van der Waals surface area contributed by atoms with Crippen LogP contribution in [0.5, 0.6) is 0 Å². The number of anilines is 1. The Kier molecular flexibility index (Phi) is 3.89. The van der Waals surface area contributed by atoms with Crippen LogP contribution in [0, 0.1) is 12.3 Å². The van der Waals surface area contributed by atoms with Gasteiger partial charge in [0.25, 0.3) is 0 Å². The van der Waals surface area contributed by atoms with Gasteiger partial charge in [-0.3, -0.25) is 9.48 Å². The second-order valence-electron chi connectivity index (χ2n) is 5.26. The standard InChI is InChI=1S/C13H20N4OS/c1-9-10(8-17(2)16-9)15-12(18)13(11(14)19)6-4-3-5-7-13/h8H,3-7H2,1-2H3,(H2,14,19)(H,15,18). The molecule has 0 bridgehead atoms. The van der Waals surface area contributed by atoms with E-state index in [4.69, 9.17) is 18.0 Å². The van der Waals surface area contributed by atoms with Crippen molar-refractivity contribution in [2.24, 2.45) is 18.2 Å². The summed E-state index contributed by atoms with van der Waals surface area (Å²) in [5.74, 6) is -0.0872. The SMILES string of the molecule is Cc1nn(C)cc1NC(=O)C1(C(N)=S)CCCCC1. The maximum absolute atomic E-state index is 12.6. The van der Waals surface area contributed by atoms with Crippen LogP contribution in [0.15, 0.2) is 6.20 Å². The predicted octanol–water partition coefficient (Wildman–Crippen LogP) is 1.90. The highest BCUT2D eigenvalue weighted by atomic mass is 32.1. The predicted molar refractivity (Wildman–Crippen MR) is 78.9 cm³/mol. The highest BCUT2D eigenvalue weighted by Gasteiger charge is 2.42. The fourth-order valence-electron chi connectivity index (χ4n) is 2.70. The number of hydrogen-bond donors (Lipinski definition) is 2. The van der Waals surface area contributed by atoms with Gasteiger partial charge in [-0.15, -0.1) is 0 Å². The maximum Gasteiger partial charge on any atom is 0.237 e. The molecule has 1 heterocycles. The topological polar surface area (TPSA) is 72.9 Å². The lowest BCUT2D eigenvalue weighted by Gasteiger charge is -2.34. The van der Waals surface area contributed by atoms with Gasteiger partial charge in [0, 0.05) is 13.2 Å². The summed E-state index contributed by atoms with van der Waals surface area (Å²) in [6.07, 6.45) is 6.42. The minimum absolute atomic E-state index is 0.0872. The number of nitrogens with one attached hydrogen (secondary N) is 1. The van der Waals surface area contributed by atoms with Gasteiger partial charge in [0.15, 0.2) is 0 Å². The van der Waals surface area contributed by atoms with Gasteiger partial charge in [-0.2, -0.15) is 5.10 Å². The van der Waals surface area contributed by atoms with E-state index in [-0.39, 0.29) is 5.91 Å². The largest absolute Gasteiger partial charge is 0.392 e. The van der Waals surface area contributed by atoms with Crippen LogP contribution in [0.1, 0.15) is 37.8 Å². The third-order valence-corrected chi connectivity index (χ3v) is 4.27. The summed E-state index contributed by atoms with van der Waals surface area (Å²) >= 11 is 5.15. The molecule has 1 aliphatic rings. The van der Waals surface area contributed by atoms with Crippen molar-refractivity contribution in [2.45, 2.75) is 39.0 Å². The molecule has 1 aliphatic carbocycles. The van der Waals surface area contributed by atoms with Crippen LogP contribution in [0.4, 0.5) is 5.69 Å². The van der Waals surface area contributed by atoms with Crippen molar-refractivity contribution >= 4 is 28.8 Å². The molecule has 0 aliphatic heterocycles. The van der Waals surface area contributed by atoms with Gasteiger partial charge in [0.2, 0.25) is 5.91 Å². The Morgan fingerprint density at radius 1 is 1.47 bits per heavy atom. The van der Waals surface area contributed by atoms with Crippen molar-refractivity contribution in [2.75, 3.05) is 5.32 Å². The summed E-state index contributed by atoms with van der Waals surface area (Å²) in [7, 11) is 1.83. The van der Waals surface area contributed by atoms with Crippen LogP contribution in [-0.2, 0) is 11.8 Å². The molecule has 1 saturated carbocycles. The van der Waals surface area contributed by atoms with E-state index in [9.17, 15) is 4.79 Å². The molecule has 1 aromatic heterocycles. The molecular weight excluding hydrogens is 260 g/mol. The molecule has 5 nitrogen and oxygen atoms in total. The minimum atomic E-state index is -0.685. The number of carbonyl (C=O) groups is 1. The number of nitrogens with two attached hydrogens (primary N) is 1. The Labute approximate surface area is 118 Å². The fraction of sp³-hybridized carbons (Fsp3) is 0.615. The van der Waals surface area contributed by atoms with Crippen LogP contribution < -0.4 is 11.1 Å². The summed E-state index contributed by atoms with van der Waals surface area (Å²) in [6.45, 7) is 1.87. The number of amides is 1. The molecule has 6 heteroatoms. The van der Waals surface area contributed by atoms with Crippen LogP contribution in [0.2, 0.25) is 0 Å². The second kappa shape index (κ2) is 5.28. The normalized spacial score (nSPS) is 18.0. The zero-order chi connectivity index (χ0) is 14.0. The first-order chi connectivity index (χ1) is 8.95. The van der Waals surface area contributed by atoms with E-state index in [0.29, 0.717) is 4.99 Å². The quantitative estimate of drug-likeness (QED) is 0.829. The van der Waals surface area contributed by atoms with Gasteiger partial charge in [-0.25, -0.2) is 0 Å². The van der Waals surface area contributed by atoms with Crippen molar-refractivity contribution in [1.82, 2.24) is 9.78 Å². The highest BCUT2D eigenvalue weighted by molar-refractivity contribution is 7.80. The van der Waals surface area contributed by atoms with Crippen molar-refractivity contribution < 1.29 is 4.79 Å². The third-order valence-electron chi connectivity index (χ3n) is 3.88. The minimum Gasteiger partial charge on any atom is -0.392 e. The zero-order valence-electron chi connectivity index (χ0n) is 11.4. The molecule has 3 N–H and O–H groups in total. The molecule has 1 fully saturated rings. The molecule has 0 unspecified atom stereocenters. The molecule has 0 radical (unpaired) electrons. The van der Waals surface area contributed by atoms with E-state index < -0.39 is 5.41 Å². The highest BCUT2D eigenvalue weighted by Crippen LogP contribution is 2.38. The summed E-state index contributed by atoms with van der Waals surface area (Å²) in [5.41, 5.74) is 6.69. The number of aryl methyl sites for hydroxylation is 2. The van der Waals surface area contributed by atoms with Gasteiger partial charge >= 0.3 is 0 Å². The van der Waals surface area contributed by atoms with E-state index in [2.05, 4.69) is 10.4 Å². The number of aromatic nitrogens is 2. The molecule has 0 saturated heterocycles. The van der Waals surface area contributed by atoms with Crippen molar-refractivity contribution in [3.63, 3.8) is 0 Å². The van der Waals surface area contributed by atoms with E-state index in [0.717, 1.165) is 43.5 Å². The van der Waals surface area contributed by atoms with Crippen molar-refractivity contribution in [3.8, 4) is 0 Å².